The Balaban J connectivity index is 1.25. The third-order valence-corrected chi connectivity index (χ3v) is 7.69. The maximum Gasteiger partial charge on any atom is 0.125 e. The molecule has 6 nitrogen and oxygen atoms in total. The summed E-state index contributed by atoms with van der Waals surface area (Å²) < 4.78 is 4.25. The number of aryl methyl sites for hydroxylation is 2. The van der Waals surface area contributed by atoms with Crippen molar-refractivity contribution in [2.24, 2.45) is 24.1 Å². The number of phenols is 2. The van der Waals surface area contributed by atoms with Crippen LogP contribution < -0.4 is 0 Å². The molecule has 0 spiro atoms. The van der Waals surface area contributed by atoms with Gasteiger partial charge in [-0.2, -0.15) is 0 Å². The average Bonchev–Trinajstić information content (AvgIpc) is 3.41. The van der Waals surface area contributed by atoms with E-state index in [-0.39, 0.29) is 11.5 Å². The highest BCUT2D eigenvalue weighted by Crippen LogP contribution is 2.35. The number of para-hydroxylation sites is 4. The van der Waals surface area contributed by atoms with Crippen LogP contribution in [0.2, 0.25) is 0 Å². The van der Waals surface area contributed by atoms with Gasteiger partial charge in [-0.3, -0.25) is 9.98 Å². The molecule has 0 unspecified atom stereocenters. The van der Waals surface area contributed by atoms with Crippen LogP contribution in [0.1, 0.15) is 11.1 Å². The van der Waals surface area contributed by atoms with Crippen LogP contribution >= 0.6 is 0 Å². The van der Waals surface area contributed by atoms with Crippen LogP contribution in [0.15, 0.2) is 107 Å². The van der Waals surface area contributed by atoms with Gasteiger partial charge in [-0.25, -0.2) is 0 Å². The van der Waals surface area contributed by atoms with Crippen LogP contribution in [-0.2, 0) is 14.1 Å². The van der Waals surface area contributed by atoms with Crippen molar-refractivity contribution in [3.8, 4) is 11.5 Å². The van der Waals surface area contributed by atoms with Gasteiger partial charge in [0.15, 0.2) is 0 Å². The molecule has 0 radical (unpaired) electrons. The number of nitrogens with zero attached hydrogens (tertiary/aromatic N) is 4. The molecule has 7 aromatic rings. The van der Waals surface area contributed by atoms with E-state index in [0.29, 0.717) is 22.5 Å². The van der Waals surface area contributed by atoms with Crippen molar-refractivity contribution in [1.82, 2.24) is 9.13 Å². The van der Waals surface area contributed by atoms with E-state index in [1.54, 1.807) is 24.6 Å². The van der Waals surface area contributed by atoms with Crippen LogP contribution in [0.4, 0.5) is 11.4 Å². The van der Waals surface area contributed by atoms with E-state index in [4.69, 9.17) is 0 Å². The zero-order valence-electron chi connectivity index (χ0n) is 22.1. The van der Waals surface area contributed by atoms with Crippen molar-refractivity contribution in [2.75, 3.05) is 0 Å². The van der Waals surface area contributed by atoms with Gasteiger partial charge in [0.1, 0.15) is 11.5 Å². The average molecular weight is 523 g/mol. The molecule has 194 valence electrons. The minimum atomic E-state index is 0.168. The number of aromatic nitrogens is 2. The number of hydrogen-bond acceptors (Lipinski definition) is 4. The fourth-order valence-corrected chi connectivity index (χ4v) is 5.59. The van der Waals surface area contributed by atoms with Crippen molar-refractivity contribution in [3.05, 3.63) is 108 Å². The van der Waals surface area contributed by atoms with Gasteiger partial charge in [-0.15, -0.1) is 0 Å². The van der Waals surface area contributed by atoms with Crippen molar-refractivity contribution < 1.29 is 10.2 Å². The van der Waals surface area contributed by atoms with Crippen LogP contribution in [-0.4, -0.2) is 31.8 Å². The van der Waals surface area contributed by atoms with E-state index < -0.39 is 0 Å². The number of aromatic hydroxyl groups is 2. The Morgan fingerprint density at radius 3 is 1.35 bits per heavy atom. The minimum Gasteiger partial charge on any atom is -0.507 e. The summed E-state index contributed by atoms with van der Waals surface area (Å²) in [6.07, 6.45) is 3.33. The maximum atomic E-state index is 10.8. The Morgan fingerprint density at radius 2 is 0.900 bits per heavy atom. The minimum absolute atomic E-state index is 0.168. The second-order valence-corrected chi connectivity index (χ2v) is 10.0. The molecule has 0 amide bonds. The smallest absolute Gasteiger partial charge is 0.125 e. The van der Waals surface area contributed by atoms with Gasteiger partial charge < -0.3 is 19.3 Å². The van der Waals surface area contributed by atoms with E-state index in [1.807, 2.05) is 74.8 Å². The first-order valence-corrected chi connectivity index (χ1v) is 13.1. The number of phenolic OH excluding ortho intramolecular Hbond substituents is 2. The number of rotatable bonds is 4. The summed E-state index contributed by atoms with van der Waals surface area (Å²) in [5, 5.41) is 25.8. The van der Waals surface area contributed by atoms with E-state index in [0.717, 1.165) is 43.6 Å². The maximum absolute atomic E-state index is 10.8. The molecule has 0 aliphatic heterocycles. The highest BCUT2D eigenvalue weighted by molar-refractivity contribution is 6.11. The number of hydrogen-bond donors (Lipinski definition) is 2. The molecule has 7 rings (SSSR count). The van der Waals surface area contributed by atoms with Gasteiger partial charge in [0.05, 0.1) is 11.4 Å². The zero-order valence-corrected chi connectivity index (χ0v) is 22.1. The molecule has 0 saturated carbocycles. The van der Waals surface area contributed by atoms with Gasteiger partial charge in [0.25, 0.3) is 0 Å². The molecule has 0 bridgehead atoms. The lowest BCUT2D eigenvalue weighted by Crippen LogP contribution is -1.89. The Bertz CT molecular complexity index is 2010. The first-order valence-electron chi connectivity index (χ1n) is 13.1. The molecule has 2 heterocycles. The standard InChI is InChI=1S/C34H26N4O2/c1-37-29-13-7-3-9-23(29)25-17-33(39)21(15-31(25)37)19-35-27-11-5-6-12-28(27)36-20-22-16-32-26(18-34(22)40)24-10-4-8-14-30(24)38(32)2/h3-20,39-40H,1-2H3/b35-19+,36-20+. The molecule has 6 heteroatoms. The molecule has 0 saturated heterocycles. The van der Waals surface area contributed by atoms with Crippen LogP contribution in [0.25, 0.3) is 43.6 Å². The Morgan fingerprint density at radius 1 is 0.500 bits per heavy atom. The molecule has 5 aromatic carbocycles. The van der Waals surface area contributed by atoms with Gasteiger partial charge >= 0.3 is 0 Å². The summed E-state index contributed by atoms with van der Waals surface area (Å²) in [6, 6.07) is 31.4. The SMILES string of the molecule is Cn1c2ccccc2c2cc(O)c(/C=N/c3ccccc3/N=C/c3cc4c(cc3O)c3ccccc3n4C)cc21. The molecule has 0 aliphatic carbocycles. The van der Waals surface area contributed by atoms with Crippen molar-refractivity contribution in [3.63, 3.8) is 0 Å². The Labute approximate surface area is 230 Å². The molecule has 0 aliphatic rings. The van der Waals surface area contributed by atoms with E-state index in [9.17, 15) is 10.2 Å². The number of aliphatic imine (C=N–C) groups is 2. The van der Waals surface area contributed by atoms with Gasteiger partial charge in [0, 0.05) is 81.3 Å². The molecular formula is C34H26N4O2. The summed E-state index contributed by atoms with van der Waals surface area (Å²) in [7, 11) is 4.05. The van der Waals surface area contributed by atoms with E-state index in [1.165, 1.54) is 0 Å². The summed E-state index contributed by atoms with van der Waals surface area (Å²) in [5.41, 5.74) is 6.80. The molecule has 2 N–H and O–H groups in total. The fourth-order valence-electron chi connectivity index (χ4n) is 5.59. The predicted molar refractivity (Wildman–Crippen MR) is 165 cm³/mol. The topological polar surface area (TPSA) is 75.0 Å². The quantitative estimate of drug-likeness (QED) is 0.231. The third-order valence-electron chi connectivity index (χ3n) is 7.69. The predicted octanol–water partition coefficient (Wildman–Crippen LogP) is 7.89. The summed E-state index contributed by atoms with van der Waals surface area (Å²) in [6.45, 7) is 0. The Hall–Kier alpha value is -5.36. The van der Waals surface area contributed by atoms with Crippen LogP contribution in [0.3, 0.4) is 0 Å². The van der Waals surface area contributed by atoms with E-state index in [2.05, 4.69) is 43.4 Å². The second-order valence-electron chi connectivity index (χ2n) is 10.0. The van der Waals surface area contributed by atoms with Crippen molar-refractivity contribution in [1.29, 1.82) is 0 Å². The first-order chi connectivity index (χ1) is 19.5. The van der Waals surface area contributed by atoms with Gasteiger partial charge in [-0.05, 0) is 48.5 Å². The highest BCUT2D eigenvalue weighted by Gasteiger charge is 2.13. The molecule has 0 fully saturated rings. The Kier molecular flexibility index (Phi) is 5.42. The summed E-state index contributed by atoms with van der Waals surface area (Å²) >= 11 is 0. The molecule has 40 heavy (non-hydrogen) atoms. The fraction of sp³-hybridized carbons (Fsp3) is 0.0588. The third kappa shape index (κ3) is 3.73. The van der Waals surface area contributed by atoms with E-state index >= 15 is 0 Å². The lowest BCUT2D eigenvalue weighted by Gasteiger charge is -2.04. The molecule has 2 aromatic heterocycles. The highest BCUT2D eigenvalue weighted by atomic mass is 16.3. The number of benzene rings is 5. The van der Waals surface area contributed by atoms with Crippen molar-refractivity contribution >= 4 is 67.4 Å². The van der Waals surface area contributed by atoms with Gasteiger partial charge in [-0.1, -0.05) is 48.5 Å². The van der Waals surface area contributed by atoms with Crippen molar-refractivity contribution in [2.45, 2.75) is 0 Å². The normalized spacial score (nSPS) is 12.2. The van der Waals surface area contributed by atoms with Crippen LogP contribution in [0, 0.1) is 0 Å². The lowest BCUT2D eigenvalue weighted by atomic mass is 10.1. The van der Waals surface area contributed by atoms with Crippen LogP contribution in [0.5, 0.6) is 11.5 Å². The zero-order chi connectivity index (χ0) is 27.4. The monoisotopic (exact) mass is 522 g/mol. The summed E-state index contributed by atoms with van der Waals surface area (Å²) in [5.74, 6) is 0.337. The lowest BCUT2D eigenvalue weighted by molar-refractivity contribution is 0.475. The van der Waals surface area contributed by atoms with Gasteiger partial charge in [0.2, 0.25) is 0 Å². The largest absolute Gasteiger partial charge is 0.507 e. The first kappa shape index (κ1) is 23.7. The summed E-state index contributed by atoms with van der Waals surface area (Å²) in [4.78, 5) is 9.36. The second kappa shape index (κ2) is 9.13. The number of fused-ring (bicyclic) bond motifs is 6. The molecular weight excluding hydrogens is 496 g/mol. The molecule has 0 atom stereocenters.